The molecule has 42 valence electrons. The van der Waals surface area contributed by atoms with E-state index in [1.54, 1.807) is 18.4 Å². The van der Waals surface area contributed by atoms with E-state index in [9.17, 15) is 0 Å². The standard InChI is InChI=1S/C5H5NOS/c8-4-6-5-2-1-3-7-5/h1-4H,(H,6,8). The van der Waals surface area contributed by atoms with E-state index in [4.69, 9.17) is 4.42 Å². The van der Waals surface area contributed by atoms with Crippen LogP contribution in [0.2, 0.25) is 0 Å². The molecule has 1 aromatic rings. The normalized spacial score (nSPS) is 8.50. The molecule has 0 saturated carbocycles. The van der Waals surface area contributed by atoms with Gasteiger partial charge in [0.1, 0.15) is 0 Å². The Kier molecular flexibility index (Phi) is 1.64. The summed E-state index contributed by atoms with van der Waals surface area (Å²) in [5.74, 6) is 0.681. The van der Waals surface area contributed by atoms with Crippen molar-refractivity contribution in [1.82, 2.24) is 0 Å². The fourth-order valence-corrected chi connectivity index (χ4v) is 0.535. The van der Waals surface area contributed by atoms with Gasteiger partial charge in [-0.15, -0.1) is 0 Å². The van der Waals surface area contributed by atoms with E-state index in [0.717, 1.165) is 0 Å². The lowest BCUT2D eigenvalue weighted by atomic mass is 10.6. The maximum absolute atomic E-state index is 4.86. The number of furan rings is 1. The van der Waals surface area contributed by atoms with Crippen molar-refractivity contribution in [3.63, 3.8) is 0 Å². The summed E-state index contributed by atoms with van der Waals surface area (Å²) >= 11 is 4.50. The average molecular weight is 127 g/mol. The van der Waals surface area contributed by atoms with Crippen molar-refractivity contribution < 1.29 is 4.42 Å². The molecule has 8 heavy (non-hydrogen) atoms. The number of thiocarbonyl (C=S) groups is 1. The predicted octanol–water partition coefficient (Wildman–Crippen LogP) is 1.65. The minimum Gasteiger partial charge on any atom is -0.449 e. The highest BCUT2D eigenvalue weighted by Gasteiger charge is 1.84. The van der Waals surface area contributed by atoms with Gasteiger partial charge in [-0.2, -0.15) is 0 Å². The van der Waals surface area contributed by atoms with Crippen LogP contribution < -0.4 is 5.32 Å². The Balaban J connectivity index is 2.62. The number of anilines is 1. The molecule has 0 spiro atoms. The zero-order chi connectivity index (χ0) is 5.82. The Morgan fingerprint density at radius 3 is 3.12 bits per heavy atom. The highest BCUT2D eigenvalue weighted by molar-refractivity contribution is 7.79. The molecule has 0 amide bonds. The monoisotopic (exact) mass is 127 g/mol. The molecule has 0 aliphatic rings. The lowest BCUT2D eigenvalue weighted by molar-refractivity contribution is 0.587. The van der Waals surface area contributed by atoms with Crippen molar-refractivity contribution >= 4 is 23.6 Å². The van der Waals surface area contributed by atoms with Crippen molar-refractivity contribution in [1.29, 1.82) is 0 Å². The highest BCUT2D eigenvalue weighted by Crippen LogP contribution is 2.03. The average Bonchev–Trinajstić information content (AvgIpc) is 2.19. The van der Waals surface area contributed by atoms with E-state index >= 15 is 0 Å². The SMILES string of the molecule is S=CNc1ccco1. The van der Waals surface area contributed by atoms with Gasteiger partial charge in [0.2, 0.25) is 0 Å². The van der Waals surface area contributed by atoms with Gasteiger partial charge in [0.15, 0.2) is 5.88 Å². The summed E-state index contributed by atoms with van der Waals surface area (Å²) < 4.78 is 4.86. The molecule has 1 rings (SSSR count). The van der Waals surface area contributed by atoms with E-state index in [0.29, 0.717) is 5.88 Å². The Hall–Kier alpha value is -0.830. The first-order valence-corrected chi connectivity index (χ1v) is 2.64. The van der Waals surface area contributed by atoms with Crippen LogP contribution in [0.3, 0.4) is 0 Å². The largest absolute Gasteiger partial charge is 0.449 e. The summed E-state index contributed by atoms with van der Waals surface area (Å²) in [6.45, 7) is 0. The van der Waals surface area contributed by atoms with Gasteiger partial charge in [0.25, 0.3) is 0 Å². The Labute approximate surface area is 52.5 Å². The van der Waals surface area contributed by atoms with Crippen LogP contribution in [0.15, 0.2) is 22.8 Å². The van der Waals surface area contributed by atoms with Crippen molar-refractivity contribution in [2.45, 2.75) is 0 Å². The lowest BCUT2D eigenvalue weighted by Gasteiger charge is -1.86. The van der Waals surface area contributed by atoms with Crippen molar-refractivity contribution in [3.05, 3.63) is 18.4 Å². The van der Waals surface area contributed by atoms with Crippen molar-refractivity contribution in [3.8, 4) is 0 Å². The van der Waals surface area contributed by atoms with Crippen LogP contribution in [0, 0.1) is 0 Å². The summed E-state index contributed by atoms with van der Waals surface area (Å²) in [5.41, 5.74) is 1.40. The fourth-order valence-electron chi connectivity index (χ4n) is 0.419. The first kappa shape index (κ1) is 5.31. The molecule has 2 nitrogen and oxygen atoms in total. The van der Waals surface area contributed by atoms with Gasteiger partial charge in [-0.25, -0.2) is 0 Å². The van der Waals surface area contributed by atoms with Gasteiger partial charge in [-0.3, -0.25) is 0 Å². The van der Waals surface area contributed by atoms with Crippen LogP contribution in [0.1, 0.15) is 0 Å². The predicted molar refractivity (Wildman–Crippen MR) is 36.0 cm³/mol. The molecular weight excluding hydrogens is 122 g/mol. The van der Waals surface area contributed by atoms with E-state index in [2.05, 4.69) is 17.5 Å². The summed E-state index contributed by atoms with van der Waals surface area (Å²) in [6, 6.07) is 3.59. The molecule has 0 aromatic carbocycles. The summed E-state index contributed by atoms with van der Waals surface area (Å²) in [5, 5.41) is 2.71. The smallest absolute Gasteiger partial charge is 0.197 e. The van der Waals surface area contributed by atoms with Gasteiger partial charge in [0.05, 0.1) is 11.8 Å². The molecule has 0 saturated heterocycles. The van der Waals surface area contributed by atoms with Gasteiger partial charge < -0.3 is 9.73 Å². The Bertz CT molecular complexity index is 159. The molecule has 0 radical (unpaired) electrons. The summed E-state index contributed by atoms with van der Waals surface area (Å²) in [4.78, 5) is 0. The molecule has 0 aliphatic heterocycles. The van der Waals surface area contributed by atoms with Crippen LogP contribution in [0.4, 0.5) is 5.88 Å². The fraction of sp³-hybridized carbons (Fsp3) is 0. The van der Waals surface area contributed by atoms with E-state index in [1.165, 1.54) is 5.49 Å². The number of hydrogen-bond donors (Lipinski definition) is 1. The number of rotatable bonds is 2. The second-order valence-electron chi connectivity index (χ2n) is 1.24. The van der Waals surface area contributed by atoms with Crippen LogP contribution in [0.5, 0.6) is 0 Å². The quantitative estimate of drug-likeness (QED) is 0.611. The third kappa shape index (κ3) is 1.07. The third-order valence-electron chi connectivity index (χ3n) is 0.722. The molecule has 1 N–H and O–H groups in total. The first-order chi connectivity index (χ1) is 3.93. The van der Waals surface area contributed by atoms with Crippen LogP contribution >= 0.6 is 12.2 Å². The van der Waals surface area contributed by atoms with Gasteiger partial charge in [-0.05, 0) is 6.07 Å². The maximum Gasteiger partial charge on any atom is 0.197 e. The van der Waals surface area contributed by atoms with Crippen molar-refractivity contribution in [2.24, 2.45) is 0 Å². The van der Waals surface area contributed by atoms with Crippen LogP contribution in [-0.4, -0.2) is 5.49 Å². The van der Waals surface area contributed by atoms with Gasteiger partial charge in [-0.1, -0.05) is 12.2 Å². The molecule has 0 fully saturated rings. The van der Waals surface area contributed by atoms with Crippen LogP contribution in [0.25, 0.3) is 0 Å². The molecule has 3 heteroatoms. The molecular formula is C5H5NOS. The molecule has 1 heterocycles. The van der Waals surface area contributed by atoms with Gasteiger partial charge in [0, 0.05) is 6.07 Å². The van der Waals surface area contributed by atoms with Gasteiger partial charge >= 0.3 is 0 Å². The molecule has 0 atom stereocenters. The molecule has 0 aliphatic carbocycles. The van der Waals surface area contributed by atoms with E-state index < -0.39 is 0 Å². The highest BCUT2D eigenvalue weighted by atomic mass is 32.1. The second kappa shape index (κ2) is 2.47. The summed E-state index contributed by atoms with van der Waals surface area (Å²) in [6.07, 6.45) is 1.58. The van der Waals surface area contributed by atoms with Crippen molar-refractivity contribution in [2.75, 3.05) is 5.32 Å². The maximum atomic E-state index is 4.86. The van der Waals surface area contributed by atoms with E-state index in [1.807, 2.05) is 0 Å². The zero-order valence-corrected chi connectivity index (χ0v) is 4.94. The molecule has 0 bridgehead atoms. The Morgan fingerprint density at radius 1 is 1.75 bits per heavy atom. The number of hydrogen-bond acceptors (Lipinski definition) is 2. The first-order valence-electron chi connectivity index (χ1n) is 2.17. The van der Waals surface area contributed by atoms with E-state index in [-0.39, 0.29) is 0 Å². The third-order valence-corrected chi connectivity index (χ3v) is 0.840. The molecule has 0 unspecified atom stereocenters. The Morgan fingerprint density at radius 2 is 2.62 bits per heavy atom. The topological polar surface area (TPSA) is 25.2 Å². The number of nitrogens with one attached hydrogen (secondary N) is 1. The minimum atomic E-state index is 0.681. The second-order valence-corrected chi connectivity index (χ2v) is 1.48. The lowest BCUT2D eigenvalue weighted by Crippen LogP contribution is -1.87. The zero-order valence-electron chi connectivity index (χ0n) is 4.13. The molecule has 1 aromatic heterocycles. The summed E-state index contributed by atoms with van der Waals surface area (Å²) in [7, 11) is 0. The minimum absolute atomic E-state index is 0.681. The van der Waals surface area contributed by atoms with Crippen LogP contribution in [-0.2, 0) is 0 Å².